The maximum atomic E-state index is 12.3. The number of nitrogens with two attached hydrogens (primary N) is 1. The van der Waals surface area contributed by atoms with E-state index in [1.165, 1.54) is 12.8 Å². The SMILES string of the molecule is CCN(CC(C)C(N)=S)C(=O)C1CCCCS1. The summed E-state index contributed by atoms with van der Waals surface area (Å²) >= 11 is 6.76. The molecule has 0 spiro atoms. The minimum absolute atomic E-state index is 0.0995. The first-order chi connectivity index (χ1) is 8.06. The Morgan fingerprint density at radius 3 is 2.76 bits per heavy atom. The smallest absolute Gasteiger partial charge is 0.235 e. The van der Waals surface area contributed by atoms with Crippen LogP contribution in [0.25, 0.3) is 0 Å². The van der Waals surface area contributed by atoms with E-state index in [0.29, 0.717) is 11.5 Å². The van der Waals surface area contributed by atoms with Gasteiger partial charge in [-0.2, -0.15) is 0 Å². The molecular formula is C12H22N2OS2. The van der Waals surface area contributed by atoms with Gasteiger partial charge in [0.1, 0.15) is 0 Å². The van der Waals surface area contributed by atoms with E-state index in [-0.39, 0.29) is 17.1 Å². The van der Waals surface area contributed by atoms with Gasteiger partial charge in [-0.3, -0.25) is 4.79 Å². The number of rotatable bonds is 5. The Kier molecular flexibility index (Phi) is 6.27. The molecule has 98 valence electrons. The van der Waals surface area contributed by atoms with Crippen molar-refractivity contribution < 1.29 is 4.79 Å². The van der Waals surface area contributed by atoms with Gasteiger partial charge in [0.05, 0.1) is 10.2 Å². The van der Waals surface area contributed by atoms with Crippen LogP contribution in [-0.4, -0.2) is 39.9 Å². The topological polar surface area (TPSA) is 46.3 Å². The van der Waals surface area contributed by atoms with Crippen LogP contribution in [0.4, 0.5) is 0 Å². The van der Waals surface area contributed by atoms with Gasteiger partial charge >= 0.3 is 0 Å². The van der Waals surface area contributed by atoms with E-state index in [2.05, 4.69) is 0 Å². The second-order valence-corrected chi connectivity index (χ2v) is 6.32. The van der Waals surface area contributed by atoms with Gasteiger partial charge < -0.3 is 10.6 Å². The van der Waals surface area contributed by atoms with Crippen molar-refractivity contribution in [3.05, 3.63) is 0 Å². The Labute approximate surface area is 113 Å². The maximum absolute atomic E-state index is 12.3. The Bertz CT molecular complexity index is 278. The molecule has 5 heteroatoms. The van der Waals surface area contributed by atoms with E-state index in [4.69, 9.17) is 18.0 Å². The van der Waals surface area contributed by atoms with Gasteiger partial charge in [0.15, 0.2) is 0 Å². The number of carbonyl (C=O) groups is 1. The highest BCUT2D eigenvalue weighted by molar-refractivity contribution is 8.00. The van der Waals surface area contributed by atoms with Gasteiger partial charge in [-0.1, -0.05) is 25.6 Å². The Morgan fingerprint density at radius 2 is 2.29 bits per heavy atom. The zero-order valence-corrected chi connectivity index (χ0v) is 12.3. The monoisotopic (exact) mass is 274 g/mol. The van der Waals surface area contributed by atoms with Crippen molar-refractivity contribution in [2.45, 2.75) is 38.4 Å². The molecule has 1 aliphatic rings. The number of amides is 1. The molecular weight excluding hydrogens is 252 g/mol. The van der Waals surface area contributed by atoms with Crippen LogP contribution in [0.1, 0.15) is 33.1 Å². The zero-order valence-electron chi connectivity index (χ0n) is 10.6. The quantitative estimate of drug-likeness (QED) is 0.779. The van der Waals surface area contributed by atoms with Crippen LogP contribution in [0, 0.1) is 5.92 Å². The summed E-state index contributed by atoms with van der Waals surface area (Å²) in [6, 6.07) is 0. The van der Waals surface area contributed by atoms with Crippen molar-refractivity contribution in [2.75, 3.05) is 18.8 Å². The minimum Gasteiger partial charge on any atom is -0.393 e. The second kappa shape index (κ2) is 7.21. The van der Waals surface area contributed by atoms with Gasteiger partial charge in [-0.05, 0) is 25.5 Å². The average Bonchev–Trinajstić information content (AvgIpc) is 2.35. The first-order valence-corrected chi connectivity index (χ1v) is 7.71. The number of hydrogen-bond donors (Lipinski definition) is 1. The van der Waals surface area contributed by atoms with Crippen molar-refractivity contribution in [3.8, 4) is 0 Å². The standard InChI is InChI=1S/C12H22N2OS2/c1-3-14(8-9(2)11(13)16)12(15)10-6-4-5-7-17-10/h9-10H,3-8H2,1-2H3,(H2,13,16). The lowest BCUT2D eigenvalue weighted by molar-refractivity contribution is -0.130. The molecule has 1 amide bonds. The third-order valence-electron chi connectivity index (χ3n) is 3.13. The predicted octanol–water partition coefficient (Wildman–Crippen LogP) is 2.04. The molecule has 0 bridgehead atoms. The summed E-state index contributed by atoms with van der Waals surface area (Å²) in [5.74, 6) is 1.47. The third-order valence-corrected chi connectivity index (χ3v) is 4.89. The van der Waals surface area contributed by atoms with Crippen LogP contribution in [-0.2, 0) is 4.79 Å². The highest BCUT2D eigenvalue weighted by atomic mass is 32.2. The van der Waals surface area contributed by atoms with E-state index < -0.39 is 0 Å². The van der Waals surface area contributed by atoms with Crippen LogP contribution in [0.15, 0.2) is 0 Å². The summed E-state index contributed by atoms with van der Waals surface area (Å²) in [4.78, 5) is 14.7. The van der Waals surface area contributed by atoms with Crippen molar-refractivity contribution in [3.63, 3.8) is 0 Å². The summed E-state index contributed by atoms with van der Waals surface area (Å²) in [5, 5.41) is 0.155. The van der Waals surface area contributed by atoms with E-state index >= 15 is 0 Å². The molecule has 0 aromatic carbocycles. The lowest BCUT2D eigenvalue weighted by Crippen LogP contribution is -2.43. The van der Waals surface area contributed by atoms with Crippen molar-refractivity contribution in [2.24, 2.45) is 11.7 Å². The summed E-state index contributed by atoms with van der Waals surface area (Å²) in [5.41, 5.74) is 5.61. The molecule has 0 aliphatic carbocycles. The van der Waals surface area contributed by atoms with E-state index in [0.717, 1.165) is 18.7 Å². The van der Waals surface area contributed by atoms with Crippen LogP contribution >= 0.6 is 24.0 Å². The first kappa shape index (κ1) is 14.8. The lowest BCUT2D eigenvalue weighted by Gasteiger charge is -2.29. The summed E-state index contributed by atoms with van der Waals surface area (Å²) < 4.78 is 0. The number of carbonyl (C=O) groups excluding carboxylic acids is 1. The molecule has 1 fully saturated rings. The number of nitrogens with zero attached hydrogens (tertiary/aromatic N) is 1. The normalized spacial score (nSPS) is 21.9. The molecule has 1 saturated heterocycles. The van der Waals surface area contributed by atoms with E-state index in [1.54, 1.807) is 11.8 Å². The molecule has 2 atom stereocenters. The van der Waals surface area contributed by atoms with Crippen LogP contribution in [0.2, 0.25) is 0 Å². The molecule has 0 aromatic rings. The van der Waals surface area contributed by atoms with Gasteiger partial charge in [-0.25, -0.2) is 0 Å². The molecule has 0 radical (unpaired) electrons. The molecule has 1 aliphatic heterocycles. The molecule has 0 saturated carbocycles. The van der Waals surface area contributed by atoms with Crippen LogP contribution in [0.5, 0.6) is 0 Å². The Balaban J connectivity index is 2.53. The van der Waals surface area contributed by atoms with Gasteiger partial charge in [0.2, 0.25) is 5.91 Å². The predicted molar refractivity (Wildman–Crippen MR) is 78.3 cm³/mol. The van der Waals surface area contributed by atoms with Crippen molar-refractivity contribution >= 4 is 34.9 Å². The Hall–Kier alpha value is -0.290. The fraction of sp³-hybridized carbons (Fsp3) is 0.833. The lowest BCUT2D eigenvalue weighted by atomic mass is 10.1. The average molecular weight is 274 g/mol. The van der Waals surface area contributed by atoms with E-state index in [9.17, 15) is 4.79 Å². The molecule has 1 rings (SSSR count). The second-order valence-electron chi connectivity index (χ2n) is 4.54. The van der Waals surface area contributed by atoms with Gasteiger partial charge in [-0.15, -0.1) is 11.8 Å². The summed E-state index contributed by atoms with van der Waals surface area (Å²) in [6.45, 7) is 5.38. The molecule has 3 nitrogen and oxygen atoms in total. The molecule has 2 N–H and O–H groups in total. The molecule has 0 aromatic heterocycles. The van der Waals surface area contributed by atoms with Crippen molar-refractivity contribution in [1.82, 2.24) is 4.90 Å². The van der Waals surface area contributed by atoms with Gasteiger partial charge in [0, 0.05) is 19.0 Å². The summed E-state index contributed by atoms with van der Waals surface area (Å²) in [6.07, 6.45) is 3.43. The van der Waals surface area contributed by atoms with E-state index in [1.807, 2.05) is 18.7 Å². The fourth-order valence-corrected chi connectivity index (χ4v) is 3.29. The first-order valence-electron chi connectivity index (χ1n) is 6.26. The number of hydrogen-bond acceptors (Lipinski definition) is 3. The molecule has 1 heterocycles. The highest BCUT2D eigenvalue weighted by Crippen LogP contribution is 2.26. The molecule has 2 unspecified atom stereocenters. The van der Waals surface area contributed by atoms with Gasteiger partial charge in [0.25, 0.3) is 0 Å². The number of thiocarbonyl (C=S) groups is 1. The minimum atomic E-state index is 0.0995. The van der Waals surface area contributed by atoms with Crippen LogP contribution < -0.4 is 5.73 Å². The fourth-order valence-electron chi connectivity index (χ4n) is 1.93. The summed E-state index contributed by atoms with van der Waals surface area (Å²) in [7, 11) is 0. The third kappa shape index (κ3) is 4.47. The van der Waals surface area contributed by atoms with Crippen LogP contribution in [0.3, 0.4) is 0 Å². The largest absolute Gasteiger partial charge is 0.393 e. The Morgan fingerprint density at radius 1 is 1.59 bits per heavy atom. The zero-order chi connectivity index (χ0) is 12.8. The maximum Gasteiger partial charge on any atom is 0.235 e. The van der Waals surface area contributed by atoms with Crippen molar-refractivity contribution in [1.29, 1.82) is 0 Å². The highest BCUT2D eigenvalue weighted by Gasteiger charge is 2.26. The molecule has 17 heavy (non-hydrogen) atoms. The number of thioether (sulfide) groups is 1.